The van der Waals surface area contributed by atoms with Crippen LogP contribution >= 0.6 is 0 Å². The number of nitrogen functional groups attached to an aromatic ring is 1. The highest BCUT2D eigenvalue weighted by Gasteiger charge is 2.21. The molecule has 0 spiro atoms. The van der Waals surface area contributed by atoms with Gasteiger partial charge in [0.05, 0.1) is 17.9 Å². The van der Waals surface area contributed by atoms with Crippen LogP contribution in [0.1, 0.15) is 17.3 Å². The average molecular weight is 272 g/mol. The zero-order valence-electron chi connectivity index (χ0n) is 10.6. The molecular weight excluding hydrogens is 258 g/mol. The van der Waals surface area contributed by atoms with Gasteiger partial charge in [-0.3, -0.25) is 9.59 Å². The van der Waals surface area contributed by atoms with Gasteiger partial charge in [0.25, 0.3) is 5.91 Å². The molecule has 0 heterocycles. The van der Waals surface area contributed by atoms with Crippen LogP contribution in [0.3, 0.4) is 0 Å². The summed E-state index contributed by atoms with van der Waals surface area (Å²) in [5, 5.41) is 0. The largest absolute Gasteiger partial charge is 0.465 e. The van der Waals surface area contributed by atoms with Crippen molar-refractivity contribution in [2.45, 2.75) is 6.92 Å². The van der Waals surface area contributed by atoms with E-state index in [4.69, 9.17) is 5.73 Å². The molecule has 5 nitrogen and oxygen atoms in total. The van der Waals surface area contributed by atoms with Gasteiger partial charge in [0.1, 0.15) is 12.4 Å². The lowest BCUT2D eigenvalue weighted by Gasteiger charge is -2.16. The number of halogens is 2. The predicted octanol–water partition coefficient (Wildman–Crippen LogP) is 1.18. The number of nitrogens with two attached hydrogens (primary N) is 1. The van der Waals surface area contributed by atoms with E-state index in [1.807, 2.05) is 0 Å². The predicted molar refractivity (Wildman–Crippen MR) is 64.4 cm³/mol. The molecule has 2 N–H and O–H groups in total. The molecule has 0 radical (unpaired) electrons. The topological polar surface area (TPSA) is 72.6 Å². The van der Waals surface area contributed by atoms with Crippen molar-refractivity contribution in [2.24, 2.45) is 0 Å². The van der Waals surface area contributed by atoms with Gasteiger partial charge in [0.2, 0.25) is 0 Å². The Hall–Kier alpha value is -2.18. The Kier molecular flexibility index (Phi) is 4.80. The summed E-state index contributed by atoms with van der Waals surface area (Å²) in [5.41, 5.74) is 4.24. The number of esters is 1. The second-order valence-electron chi connectivity index (χ2n) is 3.82. The highest BCUT2D eigenvalue weighted by Crippen LogP contribution is 2.18. The third-order valence-electron chi connectivity index (χ3n) is 2.31. The molecule has 0 atom stereocenters. The van der Waals surface area contributed by atoms with Gasteiger partial charge < -0.3 is 15.4 Å². The number of nitrogens with zero attached hydrogens (tertiary/aromatic N) is 1. The van der Waals surface area contributed by atoms with E-state index in [1.165, 1.54) is 7.05 Å². The quantitative estimate of drug-likeness (QED) is 0.660. The number of ether oxygens (including phenoxy) is 1. The van der Waals surface area contributed by atoms with E-state index in [-0.39, 0.29) is 13.2 Å². The van der Waals surface area contributed by atoms with Gasteiger partial charge in [-0.1, -0.05) is 0 Å². The molecule has 0 bridgehead atoms. The van der Waals surface area contributed by atoms with Gasteiger partial charge in [-0.15, -0.1) is 0 Å². The molecule has 0 saturated carbocycles. The van der Waals surface area contributed by atoms with Gasteiger partial charge >= 0.3 is 5.97 Å². The van der Waals surface area contributed by atoms with E-state index in [2.05, 4.69) is 4.74 Å². The van der Waals surface area contributed by atoms with Crippen LogP contribution < -0.4 is 5.73 Å². The fourth-order valence-corrected chi connectivity index (χ4v) is 1.44. The van der Waals surface area contributed by atoms with Gasteiger partial charge in [-0.2, -0.15) is 0 Å². The van der Waals surface area contributed by atoms with Crippen LogP contribution in [-0.2, 0) is 9.53 Å². The van der Waals surface area contributed by atoms with Gasteiger partial charge in [0.15, 0.2) is 5.82 Å². The van der Waals surface area contributed by atoms with Crippen molar-refractivity contribution in [2.75, 3.05) is 25.9 Å². The van der Waals surface area contributed by atoms with Gasteiger partial charge in [0, 0.05) is 7.05 Å². The highest BCUT2D eigenvalue weighted by atomic mass is 19.1. The van der Waals surface area contributed by atoms with Gasteiger partial charge in [-0.25, -0.2) is 8.78 Å². The Balaban J connectivity index is 2.91. The minimum atomic E-state index is -1.01. The SMILES string of the molecule is CCOC(=O)CN(C)C(=O)c1cc(F)cc(N)c1F. The smallest absolute Gasteiger partial charge is 0.325 e. The maximum absolute atomic E-state index is 13.6. The molecule has 19 heavy (non-hydrogen) atoms. The van der Waals surface area contributed by atoms with E-state index in [0.717, 1.165) is 17.0 Å². The summed E-state index contributed by atoms with van der Waals surface area (Å²) in [7, 11) is 1.28. The number of carbonyl (C=O) groups excluding carboxylic acids is 2. The number of benzene rings is 1. The Morgan fingerprint density at radius 1 is 1.37 bits per heavy atom. The fraction of sp³-hybridized carbons (Fsp3) is 0.333. The molecule has 1 amide bonds. The van der Waals surface area contributed by atoms with Crippen LogP contribution in [0.5, 0.6) is 0 Å². The monoisotopic (exact) mass is 272 g/mol. The minimum absolute atomic E-state index is 0.169. The Morgan fingerprint density at radius 3 is 2.58 bits per heavy atom. The van der Waals surface area contributed by atoms with Crippen molar-refractivity contribution in [3.05, 3.63) is 29.3 Å². The van der Waals surface area contributed by atoms with E-state index in [0.29, 0.717) is 0 Å². The van der Waals surface area contributed by atoms with E-state index in [9.17, 15) is 18.4 Å². The summed E-state index contributed by atoms with van der Waals surface area (Å²) in [5.74, 6) is -3.33. The van der Waals surface area contributed by atoms with Crippen molar-refractivity contribution >= 4 is 17.6 Å². The first-order valence-corrected chi connectivity index (χ1v) is 5.52. The van der Waals surface area contributed by atoms with E-state index in [1.54, 1.807) is 6.92 Å². The standard InChI is InChI=1S/C12H14F2N2O3/c1-3-19-10(17)6-16(2)12(18)8-4-7(13)5-9(15)11(8)14/h4-5H,3,6,15H2,1-2H3. The van der Waals surface area contributed by atoms with Crippen LogP contribution in [0.4, 0.5) is 14.5 Å². The molecule has 0 unspecified atom stereocenters. The minimum Gasteiger partial charge on any atom is -0.465 e. The molecule has 0 fully saturated rings. The number of likely N-dealkylation sites (N-methyl/N-ethyl adjacent to an activating group) is 1. The van der Waals surface area contributed by atoms with Crippen molar-refractivity contribution in [1.82, 2.24) is 4.90 Å². The number of rotatable bonds is 4. The first-order chi connectivity index (χ1) is 8.86. The van der Waals surface area contributed by atoms with Crippen LogP contribution in [0, 0.1) is 11.6 Å². The maximum atomic E-state index is 13.6. The normalized spacial score (nSPS) is 10.1. The second-order valence-corrected chi connectivity index (χ2v) is 3.82. The highest BCUT2D eigenvalue weighted by molar-refractivity contribution is 5.96. The third-order valence-corrected chi connectivity index (χ3v) is 2.31. The number of amides is 1. The summed E-state index contributed by atoms with van der Waals surface area (Å²) >= 11 is 0. The maximum Gasteiger partial charge on any atom is 0.325 e. The Morgan fingerprint density at radius 2 is 2.00 bits per heavy atom. The Labute approximate surface area is 108 Å². The van der Waals surface area contributed by atoms with Crippen LogP contribution in [0.2, 0.25) is 0 Å². The van der Waals surface area contributed by atoms with Crippen LogP contribution in [0.15, 0.2) is 12.1 Å². The summed E-state index contributed by atoms with van der Waals surface area (Å²) in [6, 6.07) is 1.51. The molecule has 104 valence electrons. The molecule has 1 rings (SSSR count). The van der Waals surface area contributed by atoms with Crippen molar-refractivity contribution < 1.29 is 23.1 Å². The zero-order chi connectivity index (χ0) is 14.6. The third kappa shape index (κ3) is 3.64. The number of anilines is 1. The van der Waals surface area contributed by atoms with Crippen LogP contribution in [0.25, 0.3) is 0 Å². The molecule has 0 saturated heterocycles. The van der Waals surface area contributed by atoms with E-state index >= 15 is 0 Å². The molecule has 0 aliphatic rings. The average Bonchev–Trinajstić information content (AvgIpc) is 2.33. The zero-order valence-corrected chi connectivity index (χ0v) is 10.6. The lowest BCUT2D eigenvalue weighted by Crippen LogP contribution is -2.33. The molecule has 7 heteroatoms. The summed E-state index contributed by atoms with van der Waals surface area (Å²) in [4.78, 5) is 24.0. The van der Waals surface area contributed by atoms with Crippen molar-refractivity contribution in [3.8, 4) is 0 Å². The fourth-order valence-electron chi connectivity index (χ4n) is 1.44. The summed E-state index contributed by atoms with van der Waals surface area (Å²) in [6.07, 6.45) is 0. The molecule has 0 aliphatic carbocycles. The molecule has 0 aromatic heterocycles. The van der Waals surface area contributed by atoms with Gasteiger partial charge in [-0.05, 0) is 19.1 Å². The van der Waals surface area contributed by atoms with E-state index < -0.39 is 34.8 Å². The molecular formula is C12H14F2N2O3. The lowest BCUT2D eigenvalue weighted by atomic mass is 10.1. The molecule has 1 aromatic rings. The Bertz CT molecular complexity index is 506. The first kappa shape index (κ1) is 14.9. The summed E-state index contributed by atoms with van der Waals surface area (Å²) in [6.45, 7) is 1.43. The van der Waals surface area contributed by atoms with Crippen molar-refractivity contribution in [1.29, 1.82) is 0 Å². The summed E-state index contributed by atoms with van der Waals surface area (Å²) < 4.78 is 31.4. The second kappa shape index (κ2) is 6.12. The molecule has 1 aromatic carbocycles. The number of carbonyl (C=O) groups is 2. The lowest BCUT2D eigenvalue weighted by molar-refractivity contribution is -0.143. The molecule has 0 aliphatic heterocycles. The van der Waals surface area contributed by atoms with Crippen molar-refractivity contribution in [3.63, 3.8) is 0 Å². The van der Waals surface area contributed by atoms with Crippen LogP contribution in [-0.4, -0.2) is 37.0 Å². The number of hydrogen-bond acceptors (Lipinski definition) is 4. The number of hydrogen-bond donors (Lipinski definition) is 1. The first-order valence-electron chi connectivity index (χ1n) is 5.52.